The van der Waals surface area contributed by atoms with Crippen molar-refractivity contribution in [2.75, 3.05) is 0 Å². The number of Topliss-reactive ketones (excluding diaryl/α,β-unsaturated/α-hetero) is 1. The molecule has 2 atom stereocenters. The molecule has 1 aromatic carbocycles. The number of aromatic hydroxyl groups is 1. The number of hydrogen-bond donors (Lipinski definition) is 1. The first-order valence-electron chi connectivity index (χ1n) is 5.47. The van der Waals surface area contributed by atoms with Gasteiger partial charge in [0.05, 0.1) is 0 Å². The van der Waals surface area contributed by atoms with E-state index in [0.717, 1.165) is 12.8 Å². The van der Waals surface area contributed by atoms with Crippen LogP contribution in [0.15, 0.2) is 24.3 Å². The molecule has 0 saturated heterocycles. The number of carbonyl (C=O) groups excluding carboxylic acids is 1. The van der Waals surface area contributed by atoms with Crippen LogP contribution < -0.4 is 0 Å². The number of phenols is 1. The molecular weight excluding hydrogens is 188 g/mol. The largest absolute Gasteiger partial charge is 0.508 e. The summed E-state index contributed by atoms with van der Waals surface area (Å²) < 4.78 is 0. The molecule has 1 aromatic rings. The first kappa shape index (κ1) is 10.2. The first-order chi connectivity index (χ1) is 7.16. The third-order valence-electron chi connectivity index (χ3n) is 3.33. The molecule has 2 rings (SSSR count). The standard InChI is InChI=1S/C13H16O2/c1-9-2-5-12(15)8-13(9)10-3-6-11(14)7-4-10/h3-4,6-7,9,13-14H,2,5,8H2,1H3. The quantitative estimate of drug-likeness (QED) is 0.763. The summed E-state index contributed by atoms with van der Waals surface area (Å²) >= 11 is 0. The molecule has 1 saturated carbocycles. The fraction of sp³-hybridized carbons (Fsp3) is 0.462. The summed E-state index contributed by atoms with van der Waals surface area (Å²) in [4.78, 5) is 11.4. The van der Waals surface area contributed by atoms with Crippen LogP contribution in [0.1, 0.15) is 37.7 Å². The van der Waals surface area contributed by atoms with Crippen LogP contribution in [-0.2, 0) is 4.79 Å². The summed E-state index contributed by atoms with van der Waals surface area (Å²) in [7, 11) is 0. The summed E-state index contributed by atoms with van der Waals surface area (Å²) in [5.41, 5.74) is 1.17. The van der Waals surface area contributed by atoms with Gasteiger partial charge in [-0.05, 0) is 36.0 Å². The third kappa shape index (κ3) is 2.20. The molecule has 2 heteroatoms. The molecule has 0 aromatic heterocycles. The Bertz CT molecular complexity index is 353. The second-order valence-corrected chi connectivity index (χ2v) is 4.46. The van der Waals surface area contributed by atoms with Crippen molar-refractivity contribution in [1.82, 2.24) is 0 Å². The molecule has 0 amide bonds. The molecule has 0 heterocycles. The maximum Gasteiger partial charge on any atom is 0.133 e. The fourth-order valence-corrected chi connectivity index (χ4v) is 2.31. The van der Waals surface area contributed by atoms with Gasteiger partial charge in [-0.2, -0.15) is 0 Å². The van der Waals surface area contributed by atoms with E-state index in [4.69, 9.17) is 0 Å². The number of ketones is 1. The molecule has 0 bridgehead atoms. The highest BCUT2D eigenvalue weighted by atomic mass is 16.3. The lowest BCUT2D eigenvalue weighted by Gasteiger charge is -2.28. The smallest absolute Gasteiger partial charge is 0.133 e. The first-order valence-corrected chi connectivity index (χ1v) is 5.47. The van der Waals surface area contributed by atoms with Crippen LogP contribution in [0.3, 0.4) is 0 Å². The zero-order valence-electron chi connectivity index (χ0n) is 8.94. The van der Waals surface area contributed by atoms with Crippen molar-refractivity contribution in [2.45, 2.75) is 32.1 Å². The number of hydrogen-bond acceptors (Lipinski definition) is 2. The highest BCUT2D eigenvalue weighted by Crippen LogP contribution is 2.36. The van der Waals surface area contributed by atoms with E-state index in [-0.39, 0.29) is 5.75 Å². The Morgan fingerprint density at radius 3 is 2.60 bits per heavy atom. The zero-order chi connectivity index (χ0) is 10.8. The van der Waals surface area contributed by atoms with Crippen molar-refractivity contribution in [3.8, 4) is 5.75 Å². The van der Waals surface area contributed by atoms with Crippen molar-refractivity contribution >= 4 is 5.78 Å². The van der Waals surface area contributed by atoms with E-state index < -0.39 is 0 Å². The summed E-state index contributed by atoms with van der Waals surface area (Å²) in [6.07, 6.45) is 2.38. The van der Waals surface area contributed by atoms with Crippen LogP contribution in [0.2, 0.25) is 0 Å². The molecule has 0 aliphatic heterocycles. The Balaban J connectivity index is 2.21. The van der Waals surface area contributed by atoms with Crippen LogP contribution in [0.5, 0.6) is 5.75 Å². The van der Waals surface area contributed by atoms with Gasteiger partial charge in [0, 0.05) is 12.8 Å². The number of carbonyl (C=O) groups is 1. The predicted octanol–water partition coefficient (Wildman–Crippen LogP) is 2.86. The second kappa shape index (κ2) is 4.05. The van der Waals surface area contributed by atoms with E-state index in [1.54, 1.807) is 12.1 Å². The van der Waals surface area contributed by atoms with E-state index in [0.29, 0.717) is 24.0 Å². The van der Waals surface area contributed by atoms with Crippen LogP contribution in [0.4, 0.5) is 0 Å². The van der Waals surface area contributed by atoms with Crippen molar-refractivity contribution in [3.05, 3.63) is 29.8 Å². The summed E-state index contributed by atoms with van der Waals surface area (Å²) in [6.45, 7) is 2.20. The molecule has 15 heavy (non-hydrogen) atoms. The van der Waals surface area contributed by atoms with E-state index >= 15 is 0 Å². The van der Waals surface area contributed by atoms with Crippen LogP contribution in [0.25, 0.3) is 0 Å². The highest BCUT2D eigenvalue weighted by molar-refractivity contribution is 5.80. The average molecular weight is 204 g/mol. The van der Waals surface area contributed by atoms with E-state index in [2.05, 4.69) is 6.92 Å². The minimum atomic E-state index is 0.286. The number of phenolic OH excluding ortho intramolecular Hbond substituents is 1. The minimum absolute atomic E-state index is 0.286. The van der Waals surface area contributed by atoms with Crippen LogP contribution in [-0.4, -0.2) is 10.9 Å². The van der Waals surface area contributed by atoms with Gasteiger partial charge >= 0.3 is 0 Å². The number of rotatable bonds is 1. The van der Waals surface area contributed by atoms with Gasteiger partial charge in [0.15, 0.2) is 0 Å². The van der Waals surface area contributed by atoms with Crippen LogP contribution in [0, 0.1) is 5.92 Å². The minimum Gasteiger partial charge on any atom is -0.508 e. The van der Waals surface area contributed by atoms with Crippen molar-refractivity contribution in [3.63, 3.8) is 0 Å². The molecule has 80 valence electrons. The Kier molecular flexibility index (Phi) is 2.76. The van der Waals surface area contributed by atoms with Crippen molar-refractivity contribution in [1.29, 1.82) is 0 Å². The van der Waals surface area contributed by atoms with Gasteiger partial charge in [0.2, 0.25) is 0 Å². The molecular formula is C13H16O2. The number of benzene rings is 1. The fourth-order valence-electron chi connectivity index (χ4n) is 2.31. The molecule has 2 unspecified atom stereocenters. The summed E-state index contributed by atoms with van der Waals surface area (Å²) in [6, 6.07) is 7.24. The van der Waals surface area contributed by atoms with Gasteiger partial charge < -0.3 is 5.11 Å². The van der Waals surface area contributed by atoms with Crippen LogP contribution >= 0.6 is 0 Å². The Morgan fingerprint density at radius 2 is 1.93 bits per heavy atom. The third-order valence-corrected chi connectivity index (χ3v) is 3.33. The van der Waals surface area contributed by atoms with Gasteiger partial charge in [-0.25, -0.2) is 0 Å². The average Bonchev–Trinajstić information content (AvgIpc) is 2.23. The molecule has 2 nitrogen and oxygen atoms in total. The van der Waals surface area contributed by atoms with E-state index in [9.17, 15) is 9.90 Å². The molecule has 1 aliphatic carbocycles. The molecule has 1 aliphatic rings. The van der Waals surface area contributed by atoms with E-state index in [1.807, 2.05) is 12.1 Å². The zero-order valence-corrected chi connectivity index (χ0v) is 8.94. The van der Waals surface area contributed by atoms with Gasteiger partial charge in [-0.15, -0.1) is 0 Å². The van der Waals surface area contributed by atoms with Crippen molar-refractivity contribution < 1.29 is 9.90 Å². The van der Waals surface area contributed by atoms with Gasteiger partial charge in [0.25, 0.3) is 0 Å². The topological polar surface area (TPSA) is 37.3 Å². The lowest BCUT2D eigenvalue weighted by atomic mass is 9.76. The van der Waals surface area contributed by atoms with Gasteiger partial charge in [0.1, 0.15) is 11.5 Å². The Labute approximate surface area is 89.9 Å². The summed E-state index contributed by atoms with van der Waals surface area (Å²) in [5, 5.41) is 9.21. The molecule has 0 radical (unpaired) electrons. The maximum atomic E-state index is 11.4. The lowest BCUT2D eigenvalue weighted by molar-refractivity contribution is -0.121. The van der Waals surface area contributed by atoms with Gasteiger partial charge in [-0.1, -0.05) is 19.1 Å². The second-order valence-electron chi connectivity index (χ2n) is 4.46. The maximum absolute atomic E-state index is 11.4. The SMILES string of the molecule is CC1CCC(=O)CC1c1ccc(O)cc1. The Morgan fingerprint density at radius 1 is 1.27 bits per heavy atom. The molecule has 1 N–H and O–H groups in total. The lowest BCUT2D eigenvalue weighted by Crippen LogP contribution is -2.21. The monoisotopic (exact) mass is 204 g/mol. The summed E-state index contributed by atoms with van der Waals surface area (Å²) in [5.74, 6) is 1.55. The van der Waals surface area contributed by atoms with E-state index in [1.165, 1.54) is 5.56 Å². The normalized spacial score (nSPS) is 26.6. The highest BCUT2D eigenvalue weighted by Gasteiger charge is 2.27. The predicted molar refractivity (Wildman–Crippen MR) is 58.9 cm³/mol. The van der Waals surface area contributed by atoms with Gasteiger partial charge in [-0.3, -0.25) is 4.79 Å². The Hall–Kier alpha value is -1.31. The molecule has 0 spiro atoms. The van der Waals surface area contributed by atoms with Crippen molar-refractivity contribution in [2.24, 2.45) is 5.92 Å². The molecule has 1 fully saturated rings.